The van der Waals surface area contributed by atoms with Crippen LogP contribution in [0.15, 0.2) is 53.1 Å². The van der Waals surface area contributed by atoms with Gasteiger partial charge in [0.15, 0.2) is 5.76 Å². The van der Waals surface area contributed by atoms with Crippen LogP contribution in [-0.2, 0) is 11.2 Å². The minimum atomic E-state index is -0.586. The molecular weight excluding hydrogens is 336 g/mol. The van der Waals surface area contributed by atoms with Crippen LogP contribution in [0.4, 0.5) is 0 Å². The zero-order valence-electron chi connectivity index (χ0n) is 14.4. The molecule has 0 aliphatic rings. The first-order valence-corrected chi connectivity index (χ1v) is 7.86. The number of nitrogens with one attached hydrogen (secondary N) is 1. The lowest BCUT2D eigenvalue weighted by molar-refractivity contribution is -0.128. The van der Waals surface area contributed by atoms with Crippen molar-refractivity contribution in [3.8, 4) is 33.9 Å². The molecular formula is C19H18N2O5. The van der Waals surface area contributed by atoms with Crippen LogP contribution >= 0.6 is 0 Å². The van der Waals surface area contributed by atoms with Crippen molar-refractivity contribution in [2.75, 3.05) is 14.2 Å². The Balaban J connectivity index is 2.09. The minimum absolute atomic E-state index is 0.138. The molecule has 0 aliphatic carbocycles. The van der Waals surface area contributed by atoms with Crippen molar-refractivity contribution in [3.63, 3.8) is 0 Å². The summed E-state index contributed by atoms with van der Waals surface area (Å²) >= 11 is 0. The maximum absolute atomic E-state index is 11.6. The largest absolute Gasteiger partial charge is 0.497 e. The quantitative estimate of drug-likeness (QED) is 0.522. The van der Waals surface area contributed by atoms with Crippen LogP contribution in [0.25, 0.3) is 22.4 Å². The van der Waals surface area contributed by atoms with Crippen LogP contribution < -0.4 is 15.0 Å². The van der Waals surface area contributed by atoms with Crippen molar-refractivity contribution in [2.45, 2.75) is 6.42 Å². The van der Waals surface area contributed by atoms with Crippen molar-refractivity contribution < 1.29 is 24.0 Å². The second-order valence-electron chi connectivity index (χ2n) is 5.50. The molecule has 1 aromatic heterocycles. The van der Waals surface area contributed by atoms with Gasteiger partial charge < -0.3 is 14.0 Å². The number of rotatable bonds is 6. The average Bonchev–Trinajstić information content (AvgIpc) is 3.11. The average molecular weight is 354 g/mol. The number of carbonyl (C=O) groups excluding carboxylic acids is 1. The second-order valence-corrected chi connectivity index (χ2v) is 5.50. The normalized spacial score (nSPS) is 10.4. The highest BCUT2D eigenvalue weighted by molar-refractivity contribution is 5.86. The van der Waals surface area contributed by atoms with Crippen LogP contribution in [0.2, 0.25) is 0 Å². The Morgan fingerprint density at radius 1 is 1.00 bits per heavy atom. The van der Waals surface area contributed by atoms with Gasteiger partial charge in [0.25, 0.3) is 5.91 Å². The first-order valence-electron chi connectivity index (χ1n) is 7.86. The summed E-state index contributed by atoms with van der Waals surface area (Å²) < 4.78 is 15.8. The molecule has 0 saturated heterocycles. The summed E-state index contributed by atoms with van der Waals surface area (Å²) in [7, 11) is 3.19. The van der Waals surface area contributed by atoms with Gasteiger partial charge in [0, 0.05) is 5.56 Å². The zero-order valence-corrected chi connectivity index (χ0v) is 14.4. The number of ether oxygens (including phenoxy) is 2. The van der Waals surface area contributed by atoms with Crippen molar-refractivity contribution in [2.24, 2.45) is 0 Å². The van der Waals surface area contributed by atoms with Gasteiger partial charge in [0.2, 0.25) is 0 Å². The number of hydrogen-bond donors (Lipinski definition) is 2. The highest BCUT2D eigenvalue weighted by Crippen LogP contribution is 2.36. The van der Waals surface area contributed by atoms with Gasteiger partial charge in [0.1, 0.15) is 17.2 Å². The Kier molecular flexibility index (Phi) is 5.19. The predicted molar refractivity (Wildman–Crippen MR) is 94.1 cm³/mol. The summed E-state index contributed by atoms with van der Waals surface area (Å²) in [5.74, 6) is 1.21. The second kappa shape index (κ2) is 7.71. The van der Waals surface area contributed by atoms with E-state index >= 15 is 0 Å². The number of nitrogens with zero attached hydrogens (tertiary/aromatic N) is 1. The number of hydrogen-bond acceptors (Lipinski definition) is 6. The van der Waals surface area contributed by atoms with Crippen LogP contribution in [0.1, 0.15) is 5.76 Å². The third-order valence-electron chi connectivity index (χ3n) is 3.95. The van der Waals surface area contributed by atoms with Crippen LogP contribution in [-0.4, -0.2) is 30.5 Å². The molecule has 0 saturated carbocycles. The Bertz CT molecular complexity index is 885. The van der Waals surface area contributed by atoms with E-state index in [1.165, 1.54) is 0 Å². The minimum Gasteiger partial charge on any atom is -0.497 e. The first-order chi connectivity index (χ1) is 12.7. The summed E-state index contributed by atoms with van der Waals surface area (Å²) in [5.41, 5.74) is 4.52. The first kappa shape index (κ1) is 17.5. The summed E-state index contributed by atoms with van der Waals surface area (Å²) in [6.07, 6.45) is -0.138. The van der Waals surface area contributed by atoms with E-state index in [0.29, 0.717) is 22.8 Å². The predicted octanol–water partition coefficient (Wildman–Crippen LogP) is 3.07. The van der Waals surface area contributed by atoms with Gasteiger partial charge >= 0.3 is 0 Å². The number of methoxy groups -OCH3 is 2. The molecule has 0 spiro atoms. The molecule has 0 aliphatic heterocycles. The lowest BCUT2D eigenvalue weighted by atomic mass is 9.98. The number of hydroxylamine groups is 1. The molecule has 0 bridgehead atoms. The van der Waals surface area contributed by atoms with Crippen molar-refractivity contribution >= 4 is 5.91 Å². The van der Waals surface area contributed by atoms with E-state index in [2.05, 4.69) is 5.16 Å². The van der Waals surface area contributed by atoms with Crippen LogP contribution in [0.3, 0.4) is 0 Å². The number of benzene rings is 2. The molecule has 0 radical (unpaired) electrons. The highest BCUT2D eigenvalue weighted by atomic mass is 16.5. The molecule has 2 N–H and O–H groups in total. The Hall–Kier alpha value is -3.32. The Labute approximate surface area is 150 Å². The smallest absolute Gasteiger partial charge is 0.251 e. The molecule has 0 fully saturated rings. The molecule has 1 amide bonds. The van der Waals surface area contributed by atoms with E-state index in [-0.39, 0.29) is 6.42 Å². The lowest BCUT2D eigenvalue weighted by Gasteiger charge is -2.07. The fourth-order valence-electron chi connectivity index (χ4n) is 2.63. The van der Waals surface area contributed by atoms with E-state index in [1.807, 2.05) is 48.5 Å². The van der Waals surface area contributed by atoms with Crippen molar-refractivity contribution in [1.82, 2.24) is 10.6 Å². The standard InChI is InChI=1S/C19H18N2O5/c1-24-14-7-3-12(4-8-14)18-16(11-17(22)20-23)26-21-19(18)13-5-9-15(25-2)10-6-13/h3-10,23H,11H2,1-2H3,(H,20,22). The SMILES string of the molecule is COc1ccc(-c2noc(CC(=O)NO)c2-c2ccc(OC)cc2)cc1. The monoisotopic (exact) mass is 354 g/mol. The van der Waals surface area contributed by atoms with E-state index in [9.17, 15) is 4.79 Å². The Morgan fingerprint density at radius 2 is 1.54 bits per heavy atom. The summed E-state index contributed by atoms with van der Waals surface area (Å²) in [6, 6.07) is 14.7. The van der Waals surface area contributed by atoms with Gasteiger partial charge in [-0.05, 0) is 42.0 Å². The molecule has 0 unspecified atom stereocenters. The molecule has 7 nitrogen and oxygen atoms in total. The van der Waals surface area contributed by atoms with Crippen molar-refractivity contribution in [1.29, 1.82) is 0 Å². The maximum atomic E-state index is 11.6. The van der Waals surface area contributed by atoms with E-state index in [4.69, 9.17) is 19.2 Å². The molecule has 3 aromatic rings. The number of aromatic nitrogens is 1. The Morgan fingerprint density at radius 3 is 2.04 bits per heavy atom. The molecule has 7 heteroatoms. The van der Waals surface area contributed by atoms with Gasteiger partial charge in [-0.2, -0.15) is 0 Å². The van der Waals surface area contributed by atoms with E-state index < -0.39 is 5.91 Å². The van der Waals surface area contributed by atoms with Gasteiger partial charge in [-0.3, -0.25) is 10.0 Å². The topological polar surface area (TPSA) is 93.8 Å². The van der Waals surface area contributed by atoms with E-state index in [1.54, 1.807) is 19.7 Å². The number of carbonyl (C=O) groups is 1. The molecule has 3 rings (SSSR count). The summed E-state index contributed by atoms with van der Waals surface area (Å²) in [4.78, 5) is 11.6. The number of amides is 1. The molecule has 2 aromatic carbocycles. The van der Waals surface area contributed by atoms with E-state index in [0.717, 1.165) is 16.9 Å². The van der Waals surface area contributed by atoms with Crippen molar-refractivity contribution in [3.05, 3.63) is 54.3 Å². The molecule has 0 atom stereocenters. The zero-order chi connectivity index (χ0) is 18.5. The summed E-state index contributed by atoms with van der Waals surface area (Å²) in [6.45, 7) is 0. The van der Waals surface area contributed by atoms with Crippen LogP contribution in [0.5, 0.6) is 11.5 Å². The molecule has 1 heterocycles. The van der Waals surface area contributed by atoms with Gasteiger partial charge in [-0.15, -0.1) is 0 Å². The third kappa shape index (κ3) is 3.52. The van der Waals surface area contributed by atoms with Crippen LogP contribution in [0, 0.1) is 0 Å². The van der Waals surface area contributed by atoms with Gasteiger partial charge in [-0.1, -0.05) is 17.3 Å². The fourth-order valence-corrected chi connectivity index (χ4v) is 2.63. The van der Waals surface area contributed by atoms with Gasteiger partial charge in [-0.25, -0.2) is 5.48 Å². The maximum Gasteiger partial charge on any atom is 0.251 e. The highest BCUT2D eigenvalue weighted by Gasteiger charge is 2.21. The van der Waals surface area contributed by atoms with Gasteiger partial charge in [0.05, 0.1) is 26.2 Å². The third-order valence-corrected chi connectivity index (χ3v) is 3.95. The fraction of sp³-hybridized carbons (Fsp3) is 0.158. The lowest BCUT2D eigenvalue weighted by Crippen LogP contribution is -2.20. The molecule has 26 heavy (non-hydrogen) atoms. The molecule has 134 valence electrons. The summed E-state index contributed by atoms with van der Waals surface area (Å²) in [5, 5.41) is 13.0.